The molecule has 7 heteroatoms. The van der Waals surface area contributed by atoms with Gasteiger partial charge in [0.2, 0.25) is 5.91 Å². The highest BCUT2D eigenvalue weighted by Gasteiger charge is 2.12. The molecule has 6 nitrogen and oxygen atoms in total. The number of carbonyl (C=O) groups is 1. The van der Waals surface area contributed by atoms with E-state index in [4.69, 9.17) is 16.3 Å². The van der Waals surface area contributed by atoms with Crippen LogP contribution in [0.1, 0.15) is 23.2 Å². The van der Waals surface area contributed by atoms with Crippen LogP contribution in [0.5, 0.6) is 5.75 Å². The molecule has 4 rings (SSSR count). The van der Waals surface area contributed by atoms with E-state index in [1.807, 2.05) is 18.2 Å². The van der Waals surface area contributed by atoms with Gasteiger partial charge in [0.1, 0.15) is 24.6 Å². The van der Waals surface area contributed by atoms with Crippen molar-refractivity contribution < 1.29 is 9.53 Å². The van der Waals surface area contributed by atoms with Crippen LogP contribution in [0, 0.1) is 0 Å². The zero-order chi connectivity index (χ0) is 18.6. The maximum atomic E-state index is 12.1. The predicted octanol–water partition coefficient (Wildman–Crippen LogP) is 3.64. The molecule has 0 saturated carbocycles. The van der Waals surface area contributed by atoms with Gasteiger partial charge in [-0.3, -0.25) is 4.79 Å². The monoisotopic (exact) mass is 382 g/mol. The number of rotatable bonds is 6. The number of hydrogen-bond acceptors (Lipinski definition) is 4. The minimum atomic E-state index is -0.223. The molecule has 0 aliphatic heterocycles. The van der Waals surface area contributed by atoms with Crippen LogP contribution < -0.4 is 10.1 Å². The standard InChI is InChI=1S/C20H19ClN4O2/c21-18-6-1-2-7-19(18)22-20(26)12-25-11-16(23-24-25)13-27-17-9-8-14-4-3-5-15(14)10-17/h1-2,6-11H,3-5,12-13H2,(H,22,26). The van der Waals surface area contributed by atoms with E-state index >= 15 is 0 Å². The van der Waals surface area contributed by atoms with Crippen LogP contribution in [-0.4, -0.2) is 20.9 Å². The van der Waals surface area contributed by atoms with Crippen molar-refractivity contribution >= 4 is 23.2 Å². The molecule has 1 aliphatic rings. The largest absolute Gasteiger partial charge is 0.487 e. The van der Waals surface area contributed by atoms with Crippen molar-refractivity contribution in [3.8, 4) is 5.75 Å². The number of aryl methyl sites for hydroxylation is 2. The summed E-state index contributed by atoms with van der Waals surface area (Å²) in [6, 6.07) is 13.3. The van der Waals surface area contributed by atoms with Gasteiger partial charge in [-0.1, -0.05) is 35.0 Å². The molecule has 1 N–H and O–H groups in total. The first-order valence-electron chi connectivity index (χ1n) is 8.85. The first-order valence-corrected chi connectivity index (χ1v) is 9.23. The van der Waals surface area contributed by atoms with Crippen molar-refractivity contribution in [2.75, 3.05) is 5.32 Å². The number of carbonyl (C=O) groups excluding carboxylic acids is 1. The SMILES string of the molecule is O=C(Cn1cc(COc2ccc3c(c2)CCC3)nn1)Nc1ccccc1Cl. The fourth-order valence-corrected chi connectivity index (χ4v) is 3.36. The third-order valence-corrected chi connectivity index (χ3v) is 4.83. The van der Waals surface area contributed by atoms with Crippen LogP contribution in [-0.2, 0) is 30.8 Å². The van der Waals surface area contributed by atoms with Crippen LogP contribution in [0.2, 0.25) is 5.02 Å². The summed E-state index contributed by atoms with van der Waals surface area (Å²) in [4.78, 5) is 12.1. The molecule has 1 aromatic heterocycles. The molecule has 1 amide bonds. The van der Waals surface area contributed by atoms with Crippen molar-refractivity contribution in [3.05, 3.63) is 70.5 Å². The zero-order valence-electron chi connectivity index (χ0n) is 14.7. The summed E-state index contributed by atoms with van der Waals surface area (Å²) in [7, 11) is 0. The molecule has 3 aromatic rings. The van der Waals surface area contributed by atoms with E-state index in [1.165, 1.54) is 22.2 Å². The Morgan fingerprint density at radius 2 is 2.04 bits per heavy atom. The molecular formula is C20H19ClN4O2. The number of amides is 1. The highest BCUT2D eigenvalue weighted by atomic mass is 35.5. The maximum absolute atomic E-state index is 12.1. The van der Waals surface area contributed by atoms with E-state index in [1.54, 1.807) is 18.3 Å². The van der Waals surface area contributed by atoms with E-state index < -0.39 is 0 Å². The second-order valence-corrected chi connectivity index (χ2v) is 6.92. The summed E-state index contributed by atoms with van der Waals surface area (Å²) in [5.74, 6) is 0.612. The Bertz CT molecular complexity index is 970. The summed E-state index contributed by atoms with van der Waals surface area (Å²) in [5.41, 5.74) is 4.02. The van der Waals surface area contributed by atoms with Gasteiger partial charge in [0.05, 0.1) is 16.9 Å². The Labute approximate surface area is 162 Å². The molecule has 0 saturated heterocycles. The number of halogens is 1. The average Bonchev–Trinajstić information content (AvgIpc) is 3.30. The van der Waals surface area contributed by atoms with Gasteiger partial charge in [-0.15, -0.1) is 5.10 Å². The first kappa shape index (κ1) is 17.5. The van der Waals surface area contributed by atoms with Crippen molar-refractivity contribution in [2.24, 2.45) is 0 Å². The minimum absolute atomic E-state index is 0.0526. The number of benzene rings is 2. The number of nitrogens with one attached hydrogen (secondary N) is 1. The molecule has 0 unspecified atom stereocenters. The zero-order valence-corrected chi connectivity index (χ0v) is 15.4. The molecule has 27 heavy (non-hydrogen) atoms. The van der Waals surface area contributed by atoms with Gasteiger partial charge in [-0.2, -0.15) is 0 Å². The molecule has 2 aromatic carbocycles. The van der Waals surface area contributed by atoms with Crippen molar-refractivity contribution in [3.63, 3.8) is 0 Å². The Kier molecular flexibility index (Phi) is 5.07. The number of fused-ring (bicyclic) bond motifs is 1. The third-order valence-electron chi connectivity index (χ3n) is 4.50. The van der Waals surface area contributed by atoms with Gasteiger partial charge in [0, 0.05) is 0 Å². The predicted molar refractivity (Wildman–Crippen MR) is 103 cm³/mol. The van der Waals surface area contributed by atoms with Gasteiger partial charge in [-0.05, 0) is 54.7 Å². The second kappa shape index (κ2) is 7.80. The van der Waals surface area contributed by atoms with Crippen LogP contribution in [0.25, 0.3) is 0 Å². The smallest absolute Gasteiger partial charge is 0.246 e. The van der Waals surface area contributed by atoms with E-state index in [2.05, 4.69) is 27.8 Å². The summed E-state index contributed by atoms with van der Waals surface area (Å²) in [5, 5.41) is 11.3. The number of nitrogens with zero attached hydrogens (tertiary/aromatic N) is 3. The lowest BCUT2D eigenvalue weighted by Gasteiger charge is -2.07. The van der Waals surface area contributed by atoms with E-state index in [9.17, 15) is 4.79 Å². The van der Waals surface area contributed by atoms with E-state index in [-0.39, 0.29) is 12.5 Å². The Morgan fingerprint density at radius 1 is 1.19 bits per heavy atom. The topological polar surface area (TPSA) is 69.0 Å². The Morgan fingerprint density at radius 3 is 2.93 bits per heavy atom. The lowest BCUT2D eigenvalue weighted by molar-refractivity contribution is -0.116. The molecule has 1 heterocycles. The summed E-state index contributed by atoms with van der Waals surface area (Å²) in [6.07, 6.45) is 5.19. The van der Waals surface area contributed by atoms with Crippen molar-refractivity contribution in [1.29, 1.82) is 0 Å². The summed E-state index contributed by atoms with van der Waals surface area (Å²) >= 11 is 6.04. The van der Waals surface area contributed by atoms with E-state index in [0.717, 1.165) is 18.6 Å². The highest BCUT2D eigenvalue weighted by molar-refractivity contribution is 6.33. The number of para-hydroxylation sites is 1. The lowest BCUT2D eigenvalue weighted by Crippen LogP contribution is -2.19. The van der Waals surface area contributed by atoms with Crippen LogP contribution in [0.15, 0.2) is 48.7 Å². The quantitative estimate of drug-likeness (QED) is 0.706. The molecule has 1 aliphatic carbocycles. The van der Waals surface area contributed by atoms with Gasteiger partial charge in [0.15, 0.2) is 0 Å². The first-order chi connectivity index (χ1) is 13.2. The molecule has 0 radical (unpaired) electrons. The van der Waals surface area contributed by atoms with Gasteiger partial charge >= 0.3 is 0 Å². The van der Waals surface area contributed by atoms with Crippen molar-refractivity contribution in [1.82, 2.24) is 15.0 Å². The van der Waals surface area contributed by atoms with Crippen molar-refractivity contribution in [2.45, 2.75) is 32.4 Å². The Balaban J connectivity index is 1.32. The lowest BCUT2D eigenvalue weighted by atomic mass is 10.1. The second-order valence-electron chi connectivity index (χ2n) is 6.51. The van der Waals surface area contributed by atoms with Gasteiger partial charge < -0.3 is 10.1 Å². The molecule has 0 fully saturated rings. The molecular weight excluding hydrogens is 364 g/mol. The number of hydrogen-bond donors (Lipinski definition) is 1. The highest BCUT2D eigenvalue weighted by Crippen LogP contribution is 2.26. The van der Waals surface area contributed by atoms with Gasteiger partial charge in [-0.25, -0.2) is 4.68 Å². The fourth-order valence-electron chi connectivity index (χ4n) is 3.18. The van der Waals surface area contributed by atoms with E-state index in [0.29, 0.717) is 23.0 Å². The van der Waals surface area contributed by atoms with Crippen LogP contribution in [0.4, 0.5) is 5.69 Å². The molecule has 0 spiro atoms. The molecule has 138 valence electrons. The number of aromatic nitrogens is 3. The van der Waals surface area contributed by atoms with Crippen LogP contribution >= 0.6 is 11.6 Å². The Hall–Kier alpha value is -2.86. The summed E-state index contributed by atoms with van der Waals surface area (Å²) in [6.45, 7) is 0.363. The fraction of sp³-hybridized carbons (Fsp3) is 0.250. The van der Waals surface area contributed by atoms with Gasteiger partial charge in [0.25, 0.3) is 0 Å². The average molecular weight is 383 g/mol. The van der Waals surface area contributed by atoms with Crippen LogP contribution in [0.3, 0.4) is 0 Å². The molecule has 0 atom stereocenters. The summed E-state index contributed by atoms with van der Waals surface area (Å²) < 4.78 is 7.29. The minimum Gasteiger partial charge on any atom is -0.487 e. The molecule has 0 bridgehead atoms. The third kappa shape index (κ3) is 4.28. The normalized spacial score (nSPS) is 12.6. The maximum Gasteiger partial charge on any atom is 0.246 e. The number of ether oxygens (including phenoxy) is 1. The number of anilines is 1.